The van der Waals surface area contributed by atoms with Crippen molar-refractivity contribution in [2.45, 2.75) is 0 Å². The topological polar surface area (TPSA) is 4.93 Å². The Morgan fingerprint density at radius 2 is 0.703 bits per heavy atom. The van der Waals surface area contributed by atoms with Gasteiger partial charge >= 0.3 is 0 Å². The van der Waals surface area contributed by atoms with Crippen LogP contribution in [0.15, 0.2) is 237 Å². The first-order valence-electron chi connectivity index (χ1n) is 22.0. The lowest BCUT2D eigenvalue weighted by Crippen LogP contribution is -1.94. The first-order valence-corrected chi connectivity index (χ1v) is 22.8. The van der Waals surface area contributed by atoms with E-state index in [0.29, 0.717) is 0 Å². The van der Waals surface area contributed by atoms with Crippen LogP contribution in [0.2, 0.25) is 0 Å². The van der Waals surface area contributed by atoms with E-state index in [1.165, 1.54) is 119 Å². The standard InChI is InChI=1S/C62H39NS/c1-4-16-41(17-5-1)47-25-14-27-54-55-28-15-26-48(62(55)64-61(47)54)45-33-36-50-49-22-12-13-29-57(49)63(58(50)39-45)46-34-30-40(31-35-46)44-32-37-53-56(38-44)60(43-20-8-3-9-21-43)52-24-11-10-23-51(52)59(53)42-18-6-2-7-19-42/h1-39H. The second-order valence-electron chi connectivity index (χ2n) is 16.8. The van der Waals surface area contributed by atoms with Crippen LogP contribution in [-0.2, 0) is 0 Å². The number of nitrogens with zero attached hydrogens (tertiary/aromatic N) is 1. The highest BCUT2D eigenvalue weighted by Gasteiger charge is 2.19. The maximum Gasteiger partial charge on any atom is 0.0547 e. The van der Waals surface area contributed by atoms with E-state index in [1.807, 2.05) is 11.3 Å². The van der Waals surface area contributed by atoms with Crippen LogP contribution in [0.25, 0.3) is 125 Å². The van der Waals surface area contributed by atoms with E-state index < -0.39 is 0 Å². The average Bonchev–Trinajstić information content (AvgIpc) is 3.92. The summed E-state index contributed by atoms with van der Waals surface area (Å²) in [4.78, 5) is 0. The maximum absolute atomic E-state index is 2.45. The van der Waals surface area contributed by atoms with Crippen LogP contribution >= 0.6 is 11.3 Å². The van der Waals surface area contributed by atoms with Crippen LogP contribution in [0.1, 0.15) is 0 Å². The molecule has 1 nitrogen and oxygen atoms in total. The SMILES string of the molecule is c1ccc(-c2c3ccccc3c(-c3ccccc3)c3cc(-c4ccc(-n5c6ccccc6c6ccc(-c7cccc8c7sc7c(-c9ccccc9)cccc78)cc65)cc4)ccc23)cc1. The molecule has 298 valence electrons. The van der Waals surface area contributed by atoms with Gasteiger partial charge in [0.15, 0.2) is 0 Å². The molecule has 13 aromatic rings. The average molecular weight is 830 g/mol. The van der Waals surface area contributed by atoms with Gasteiger partial charge in [-0.3, -0.25) is 0 Å². The summed E-state index contributed by atoms with van der Waals surface area (Å²) in [6.45, 7) is 0. The van der Waals surface area contributed by atoms with E-state index >= 15 is 0 Å². The summed E-state index contributed by atoms with van der Waals surface area (Å²) in [5.74, 6) is 0. The van der Waals surface area contributed by atoms with Crippen molar-refractivity contribution in [1.29, 1.82) is 0 Å². The first-order chi connectivity index (χ1) is 31.8. The molecule has 11 aromatic carbocycles. The van der Waals surface area contributed by atoms with Gasteiger partial charge in [-0.2, -0.15) is 0 Å². The van der Waals surface area contributed by atoms with Crippen LogP contribution in [0.3, 0.4) is 0 Å². The number of fused-ring (bicyclic) bond motifs is 8. The molecule has 2 heterocycles. The molecule has 0 unspecified atom stereocenters. The fourth-order valence-electron chi connectivity index (χ4n) is 10.3. The fraction of sp³-hybridized carbons (Fsp3) is 0. The van der Waals surface area contributed by atoms with E-state index in [-0.39, 0.29) is 0 Å². The molecule has 0 radical (unpaired) electrons. The van der Waals surface area contributed by atoms with E-state index in [4.69, 9.17) is 0 Å². The van der Waals surface area contributed by atoms with Crippen molar-refractivity contribution in [3.63, 3.8) is 0 Å². The van der Waals surface area contributed by atoms with Gasteiger partial charge in [0.1, 0.15) is 0 Å². The largest absolute Gasteiger partial charge is 0.309 e. The van der Waals surface area contributed by atoms with Crippen LogP contribution in [-0.4, -0.2) is 4.57 Å². The van der Waals surface area contributed by atoms with Crippen molar-refractivity contribution in [2.24, 2.45) is 0 Å². The molecule has 0 saturated heterocycles. The molecule has 0 aliphatic rings. The smallest absolute Gasteiger partial charge is 0.0547 e. The highest BCUT2D eigenvalue weighted by molar-refractivity contribution is 7.26. The lowest BCUT2D eigenvalue weighted by Gasteiger charge is -2.19. The zero-order valence-electron chi connectivity index (χ0n) is 34.9. The molecule has 0 aliphatic heterocycles. The Hall–Kier alpha value is -8.04. The molecule has 0 spiro atoms. The molecule has 0 aliphatic carbocycles. The molecule has 2 heteroatoms. The summed E-state index contributed by atoms with van der Waals surface area (Å²) in [5.41, 5.74) is 16.0. The zero-order valence-corrected chi connectivity index (χ0v) is 35.7. The third kappa shape index (κ3) is 5.77. The van der Waals surface area contributed by atoms with Gasteiger partial charge < -0.3 is 4.57 Å². The second-order valence-corrected chi connectivity index (χ2v) is 17.8. The molecule has 13 rings (SSSR count). The third-order valence-corrected chi connectivity index (χ3v) is 14.5. The van der Waals surface area contributed by atoms with Crippen molar-refractivity contribution in [3.8, 4) is 61.3 Å². The molecule has 0 saturated carbocycles. The van der Waals surface area contributed by atoms with Crippen molar-refractivity contribution in [1.82, 2.24) is 4.57 Å². The van der Waals surface area contributed by atoms with Gasteiger partial charge in [-0.15, -0.1) is 11.3 Å². The van der Waals surface area contributed by atoms with Crippen LogP contribution in [0, 0.1) is 0 Å². The lowest BCUT2D eigenvalue weighted by atomic mass is 9.85. The third-order valence-electron chi connectivity index (χ3n) is 13.2. The highest BCUT2D eigenvalue weighted by Crippen LogP contribution is 2.47. The van der Waals surface area contributed by atoms with Gasteiger partial charge in [-0.05, 0) is 108 Å². The summed E-state index contributed by atoms with van der Waals surface area (Å²) in [6, 6.07) is 87.0. The number of para-hydroxylation sites is 1. The van der Waals surface area contributed by atoms with Gasteiger partial charge in [0, 0.05) is 36.6 Å². The number of hydrogen-bond donors (Lipinski definition) is 0. The number of benzene rings is 11. The Balaban J connectivity index is 0.958. The Kier molecular flexibility index (Phi) is 8.47. The van der Waals surface area contributed by atoms with Crippen LogP contribution < -0.4 is 0 Å². The molecule has 64 heavy (non-hydrogen) atoms. The minimum Gasteiger partial charge on any atom is -0.309 e. The Labute approximate surface area is 375 Å². The van der Waals surface area contributed by atoms with Crippen LogP contribution in [0.5, 0.6) is 0 Å². The minimum atomic E-state index is 1.14. The summed E-state index contributed by atoms with van der Waals surface area (Å²) in [7, 11) is 0. The normalized spacial score (nSPS) is 11.8. The number of aromatic nitrogens is 1. The number of hydrogen-bond acceptors (Lipinski definition) is 1. The van der Waals surface area contributed by atoms with E-state index in [2.05, 4.69) is 241 Å². The van der Waals surface area contributed by atoms with E-state index in [1.54, 1.807) is 0 Å². The molecule has 0 bridgehead atoms. The second kappa shape index (κ2) is 14.8. The highest BCUT2D eigenvalue weighted by atomic mass is 32.1. The molecule has 2 aromatic heterocycles. The summed E-state index contributed by atoms with van der Waals surface area (Å²) < 4.78 is 5.10. The summed E-state index contributed by atoms with van der Waals surface area (Å²) >= 11 is 1.91. The van der Waals surface area contributed by atoms with E-state index in [9.17, 15) is 0 Å². The predicted octanol–water partition coefficient (Wildman–Crippen LogP) is 17.8. The molecule has 0 fully saturated rings. The monoisotopic (exact) mass is 829 g/mol. The Morgan fingerprint density at radius 3 is 1.34 bits per heavy atom. The van der Waals surface area contributed by atoms with Crippen molar-refractivity contribution < 1.29 is 0 Å². The van der Waals surface area contributed by atoms with Gasteiger partial charge in [0.05, 0.1) is 11.0 Å². The van der Waals surface area contributed by atoms with Crippen molar-refractivity contribution in [3.05, 3.63) is 237 Å². The number of rotatable bonds is 6. The molecular weight excluding hydrogens is 791 g/mol. The minimum absolute atomic E-state index is 1.14. The van der Waals surface area contributed by atoms with Gasteiger partial charge in [-0.25, -0.2) is 0 Å². The maximum atomic E-state index is 2.45. The molecule has 0 N–H and O–H groups in total. The van der Waals surface area contributed by atoms with Crippen molar-refractivity contribution >= 4 is 74.9 Å². The summed E-state index contributed by atoms with van der Waals surface area (Å²) in [6.07, 6.45) is 0. The van der Waals surface area contributed by atoms with E-state index in [0.717, 1.165) is 5.69 Å². The fourth-order valence-corrected chi connectivity index (χ4v) is 11.7. The first kappa shape index (κ1) is 36.6. The van der Waals surface area contributed by atoms with Gasteiger partial charge in [-0.1, -0.05) is 206 Å². The Bertz CT molecular complexity index is 3920. The predicted molar refractivity (Wildman–Crippen MR) is 276 cm³/mol. The summed E-state index contributed by atoms with van der Waals surface area (Å²) in [5, 5.41) is 10.2. The molecular formula is C62H39NS. The zero-order chi connectivity index (χ0) is 42.1. The quantitative estimate of drug-likeness (QED) is 0.147. The van der Waals surface area contributed by atoms with Crippen molar-refractivity contribution in [2.75, 3.05) is 0 Å². The van der Waals surface area contributed by atoms with Crippen LogP contribution in [0.4, 0.5) is 0 Å². The number of thiophene rings is 1. The van der Waals surface area contributed by atoms with Gasteiger partial charge in [0.25, 0.3) is 0 Å². The molecule has 0 atom stereocenters. The lowest BCUT2D eigenvalue weighted by molar-refractivity contribution is 1.18. The molecule has 0 amide bonds. The van der Waals surface area contributed by atoms with Gasteiger partial charge in [0.2, 0.25) is 0 Å². The Morgan fingerprint density at radius 1 is 0.250 bits per heavy atom.